The molecule has 0 atom stereocenters. The molecule has 13 aromatic carbocycles. The van der Waals surface area contributed by atoms with Crippen LogP contribution in [0.4, 0.5) is 17.1 Å². The van der Waals surface area contributed by atoms with Gasteiger partial charge in [-0.15, -0.1) is 0 Å². The first-order chi connectivity index (χ1) is 37.7. The van der Waals surface area contributed by atoms with Crippen molar-refractivity contribution in [1.29, 1.82) is 0 Å². The maximum atomic E-state index is 2.59. The van der Waals surface area contributed by atoms with E-state index in [0.29, 0.717) is 0 Å². The van der Waals surface area contributed by atoms with E-state index in [9.17, 15) is 0 Å². The molecule has 0 spiro atoms. The van der Waals surface area contributed by atoms with Crippen LogP contribution in [0.15, 0.2) is 309 Å². The van der Waals surface area contributed by atoms with Gasteiger partial charge in [-0.05, 0) is 124 Å². The zero-order valence-corrected chi connectivity index (χ0v) is 41.9. The Morgan fingerprint density at radius 2 is 0.618 bits per heavy atom. The van der Waals surface area contributed by atoms with Gasteiger partial charge in [0.1, 0.15) is 0 Å². The summed E-state index contributed by atoms with van der Waals surface area (Å²) in [6.07, 6.45) is 0. The summed E-state index contributed by atoms with van der Waals surface area (Å²) >= 11 is 0. The highest BCUT2D eigenvalue weighted by atomic mass is 15.2. The summed E-state index contributed by atoms with van der Waals surface area (Å²) in [6.45, 7) is 0. The molecule has 13 aromatic rings. The van der Waals surface area contributed by atoms with Crippen molar-refractivity contribution in [2.24, 2.45) is 0 Å². The Hall–Kier alpha value is -9.82. The molecule has 76 heavy (non-hydrogen) atoms. The average molecular weight is 966 g/mol. The normalized spacial score (nSPS) is 12.3. The molecule has 356 valence electrons. The van der Waals surface area contributed by atoms with Crippen LogP contribution in [0.5, 0.6) is 0 Å². The first-order valence-electron chi connectivity index (χ1n) is 26.3. The summed E-state index contributed by atoms with van der Waals surface area (Å²) < 4.78 is 0. The molecule has 0 amide bonds. The predicted octanol–water partition coefficient (Wildman–Crippen LogP) is 20.2. The van der Waals surface area contributed by atoms with Crippen molar-refractivity contribution in [2.45, 2.75) is 5.41 Å². The first kappa shape index (κ1) is 44.8. The Labute approximate surface area is 444 Å². The molecule has 0 aliphatic heterocycles. The second-order valence-corrected chi connectivity index (χ2v) is 19.9. The largest absolute Gasteiger partial charge is 0.309 e. The fourth-order valence-electron chi connectivity index (χ4n) is 12.3. The van der Waals surface area contributed by atoms with Gasteiger partial charge in [0.15, 0.2) is 0 Å². The molecule has 0 saturated heterocycles. The third kappa shape index (κ3) is 7.47. The Kier molecular flexibility index (Phi) is 11.2. The van der Waals surface area contributed by atoms with E-state index < -0.39 is 5.41 Å². The summed E-state index contributed by atoms with van der Waals surface area (Å²) in [5, 5.41) is 4.82. The van der Waals surface area contributed by atoms with Crippen LogP contribution in [0, 0.1) is 0 Å². The van der Waals surface area contributed by atoms with E-state index in [2.05, 4.69) is 314 Å². The third-order valence-corrected chi connectivity index (χ3v) is 15.7. The number of fused-ring (bicyclic) bond motifs is 6. The standard InChI is InChI=1S/C75H51N/c1-5-22-52(23-6-1)57-26-19-27-58(50-57)56-44-42-54(43-45-56)55-46-48-63(49-47-55)76(71-41-21-40-70-73(71)68-38-17-18-39-69(68)75(70,61-30-9-3-10-31-61)62-32-11-4-12-33-62)74-67-37-16-14-35-65(67)64-34-13-15-36-66(64)72(74)60-29-20-28-59(51-60)53-24-7-2-8-25-53/h1-51H. The first-order valence-corrected chi connectivity index (χ1v) is 26.3. The summed E-state index contributed by atoms with van der Waals surface area (Å²) in [5.74, 6) is 0. The highest BCUT2D eigenvalue weighted by Crippen LogP contribution is 2.61. The summed E-state index contributed by atoms with van der Waals surface area (Å²) in [7, 11) is 0. The maximum absolute atomic E-state index is 2.59. The van der Waals surface area contributed by atoms with Crippen LogP contribution in [0.2, 0.25) is 0 Å². The van der Waals surface area contributed by atoms with Gasteiger partial charge in [-0.25, -0.2) is 0 Å². The van der Waals surface area contributed by atoms with E-state index in [1.165, 1.54) is 99.4 Å². The van der Waals surface area contributed by atoms with Gasteiger partial charge in [-0.1, -0.05) is 279 Å². The molecule has 14 rings (SSSR count). The minimum atomic E-state index is -0.576. The van der Waals surface area contributed by atoms with Crippen molar-refractivity contribution < 1.29 is 0 Å². The van der Waals surface area contributed by atoms with Crippen LogP contribution in [0.3, 0.4) is 0 Å². The lowest BCUT2D eigenvalue weighted by molar-refractivity contribution is 0.768. The molecular formula is C75H51N. The van der Waals surface area contributed by atoms with Crippen molar-refractivity contribution in [2.75, 3.05) is 4.90 Å². The second-order valence-electron chi connectivity index (χ2n) is 19.9. The van der Waals surface area contributed by atoms with E-state index in [1.54, 1.807) is 0 Å². The molecule has 1 heteroatoms. The van der Waals surface area contributed by atoms with E-state index in [1.807, 2.05) is 0 Å². The number of hydrogen-bond acceptors (Lipinski definition) is 1. The Morgan fingerprint density at radius 3 is 1.20 bits per heavy atom. The molecular weight excluding hydrogens is 915 g/mol. The van der Waals surface area contributed by atoms with Crippen LogP contribution < -0.4 is 4.90 Å². The minimum Gasteiger partial charge on any atom is -0.309 e. The van der Waals surface area contributed by atoms with E-state index >= 15 is 0 Å². The highest BCUT2D eigenvalue weighted by Gasteiger charge is 2.47. The van der Waals surface area contributed by atoms with Crippen molar-refractivity contribution >= 4 is 38.6 Å². The number of benzene rings is 13. The van der Waals surface area contributed by atoms with Gasteiger partial charge in [-0.3, -0.25) is 0 Å². The smallest absolute Gasteiger partial charge is 0.0714 e. The van der Waals surface area contributed by atoms with Crippen LogP contribution in [0.1, 0.15) is 22.3 Å². The van der Waals surface area contributed by atoms with Crippen molar-refractivity contribution in [1.82, 2.24) is 0 Å². The topological polar surface area (TPSA) is 3.24 Å². The number of hydrogen-bond donors (Lipinski definition) is 0. The average Bonchev–Trinajstić information content (AvgIpc) is 3.86. The molecule has 1 aliphatic rings. The monoisotopic (exact) mass is 965 g/mol. The molecule has 0 heterocycles. The molecule has 0 radical (unpaired) electrons. The molecule has 1 aliphatic carbocycles. The van der Waals surface area contributed by atoms with E-state index in [4.69, 9.17) is 0 Å². The van der Waals surface area contributed by atoms with Gasteiger partial charge in [0.2, 0.25) is 0 Å². The van der Waals surface area contributed by atoms with Crippen LogP contribution in [0.25, 0.3) is 88.3 Å². The van der Waals surface area contributed by atoms with Gasteiger partial charge in [0.25, 0.3) is 0 Å². The number of rotatable bonds is 10. The Balaban J connectivity index is 1.02. The molecule has 0 fully saturated rings. The van der Waals surface area contributed by atoms with Crippen molar-refractivity contribution in [3.63, 3.8) is 0 Å². The molecule has 1 nitrogen and oxygen atoms in total. The van der Waals surface area contributed by atoms with Crippen LogP contribution in [-0.4, -0.2) is 0 Å². The second kappa shape index (κ2) is 18.9. The van der Waals surface area contributed by atoms with E-state index in [0.717, 1.165) is 28.2 Å². The number of anilines is 3. The van der Waals surface area contributed by atoms with Gasteiger partial charge < -0.3 is 4.90 Å². The maximum Gasteiger partial charge on any atom is 0.0714 e. The SMILES string of the molecule is c1ccc(-c2cccc(-c3ccc(-c4ccc(N(c5cccc6c5-c5ccccc5C6(c5ccccc5)c5ccccc5)c5c(-c6cccc(-c7ccccc7)c6)c6ccccc6c6ccccc56)cc4)cc3)c2)cc1. The van der Waals surface area contributed by atoms with Gasteiger partial charge >= 0.3 is 0 Å². The molecule has 0 bridgehead atoms. The predicted molar refractivity (Wildman–Crippen MR) is 321 cm³/mol. The number of nitrogens with zero attached hydrogens (tertiary/aromatic N) is 1. The summed E-state index contributed by atoms with van der Waals surface area (Å²) in [4.78, 5) is 2.59. The van der Waals surface area contributed by atoms with Gasteiger partial charge in [0, 0.05) is 22.2 Å². The van der Waals surface area contributed by atoms with Crippen molar-refractivity contribution in [3.8, 4) is 66.8 Å². The quantitative estimate of drug-likeness (QED) is 0.123. The molecule has 0 N–H and O–H groups in total. The fourth-order valence-corrected chi connectivity index (χ4v) is 12.3. The lowest BCUT2D eigenvalue weighted by Gasteiger charge is -2.35. The zero-order valence-electron chi connectivity index (χ0n) is 41.9. The molecule has 0 saturated carbocycles. The van der Waals surface area contributed by atoms with Crippen LogP contribution >= 0.6 is 0 Å². The molecule has 0 unspecified atom stereocenters. The van der Waals surface area contributed by atoms with E-state index in [-0.39, 0.29) is 0 Å². The van der Waals surface area contributed by atoms with Gasteiger partial charge in [0.05, 0.1) is 16.8 Å². The van der Waals surface area contributed by atoms with Crippen LogP contribution in [-0.2, 0) is 5.41 Å². The Bertz CT molecular complexity index is 4200. The highest BCUT2D eigenvalue weighted by molar-refractivity contribution is 6.23. The van der Waals surface area contributed by atoms with Gasteiger partial charge in [-0.2, -0.15) is 0 Å². The lowest BCUT2D eigenvalue weighted by Crippen LogP contribution is -2.28. The van der Waals surface area contributed by atoms with Crippen molar-refractivity contribution in [3.05, 3.63) is 332 Å². The summed E-state index contributed by atoms with van der Waals surface area (Å²) in [6, 6.07) is 114. The zero-order chi connectivity index (χ0) is 50.4. The Morgan fingerprint density at radius 1 is 0.237 bits per heavy atom. The fraction of sp³-hybridized carbons (Fsp3) is 0.0133. The lowest BCUT2D eigenvalue weighted by atomic mass is 9.68. The third-order valence-electron chi connectivity index (χ3n) is 15.7. The minimum absolute atomic E-state index is 0.576. The molecule has 0 aromatic heterocycles. The summed E-state index contributed by atoms with van der Waals surface area (Å²) in [5.41, 5.74) is 22.1.